The summed E-state index contributed by atoms with van der Waals surface area (Å²) in [7, 11) is 1.64. The summed E-state index contributed by atoms with van der Waals surface area (Å²) in [4.78, 5) is 12.9. The van der Waals surface area contributed by atoms with Crippen molar-refractivity contribution >= 4 is 5.91 Å². The fraction of sp³-hybridized carbons (Fsp3) is 0.636. The molecule has 0 radical (unpaired) electrons. The third-order valence-corrected chi connectivity index (χ3v) is 2.78. The Bertz CT molecular complexity index is 467. The molecule has 0 atom stereocenters. The quantitative estimate of drug-likeness (QED) is 0.893. The summed E-state index contributed by atoms with van der Waals surface area (Å²) in [5.41, 5.74) is 6.42. The van der Waals surface area contributed by atoms with E-state index >= 15 is 0 Å². The maximum absolute atomic E-state index is 12.5. The van der Waals surface area contributed by atoms with Gasteiger partial charge in [-0.3, -0.25) is 9.48 Å². The molecule has 1 aromatic rings. The van der Waals surface area contributed by atoms with Crippen molar-refractivity contribution in [2.75, 3.05) is 19.6 Å². The van der Waals surface area contributed by atoms with Gasteiger partial charge in [-0.25, -0.2) is 0 Å². The SMILES string of the molecule is Cc1nn(C)c(C)c1C(=O)N(CCN)CC(F)(F)F. The first-order chi connectivity index (χ1) is 8.67. The van der Waals surface area contributed by atoms with Gasteiger partial charge in [-0.1, -0.05) is 0 Å². The van der Waals surface area contributed by atoms with Gasteiger partial charge in [-0.05, 0) is 13.8 Å². The van der Waals surface area contributed by atoms with E-state index in [9.17, 15) is 18.0 Å². The van der Waals surface area contributed by atoms with Crippen LogP contribution in [0.25, 0.3) is 0 Å². The van der Waals surface area contributed by atoms with Gasteiger partial charge in [0, 0.05) is 25.8 Å². The van der Waals surface area contributed by atoms with E-state index in [0.29, 0.717) is 16.3 Å². The van der Waals surface area contributed by atoms with Crippen LogP contribution in [0.5, 0.6) is 0 Å². The highest BCUT2D eigenvalue weighted by Gasteiger charge is 2.34. The average Bonchev–Trinajstić information content (AvgIpc) is 2.50. The maximum Gasteiger partial charge on any atom is 0.406 e. The number of carbonyl (C=O) groups excluding carboxylic acids is 1. The van der Waals surface area contributed by atoms with Crippen molar-refractivity contribution in [3.63, 3.8) is 0 Å². The van der Waals surface area contributed by atoms with E-state index < -0.39 is 18.6 Å². The van der Waals surface area contributed by atoms with Gasteiger partial charge in [0.05, 0.1) is 11.3 Å². The first-order valence-corrected chi connectivity index (χ1v) is 5.73. The van der Waals surface area contributed by atoms with Crippen molar-refractivity contribution in [1.29, 1.82) is 0 Å². The number of halogens is 3. The molecular formula is C11H17F3N4O. The Morgan fingerprint density at radius 3 is 2.37 bits per heavy atom. The number of nitrogens with two attached hydrogens (primary N) is 1. The minimum Gasteiger partial charge on any atom is -0.329 e. The monoisotopic (exact) mass is 278 g/mol. The Morgan fingerprint density at radius 1 is 1.42 bits per heavy atom. The average molecular weight is 278 g/mol. The molecule has 2 N–H and O–H groups in total. The number of hydrogen-bond acceptors (Lipinski definition) is 3. The topological polar surface area (TPSA) is 64.2 Å². The van der Waals surface area contributed by atoms with Crippen LogP contribution < -0.4 is 5.73 Å². The Morgan fingerprint density at radius 2 is 2.00 bits per heavy atom. The smallest absolute Gasteiger partial charge is 0.329 e. The number of alkyl halides is 3. The zero-order chi connectivity index (χ0) is 14.8. The van der Waals surface area contributed by atoms with Crippen LogP contribution in [0, 0.1) is 13.8 Å². The molecule has 0 aliphatic rings. The Balaban J connectivity index is 3.06. The van der Waals surface area contributed by atoms with Crippen molar-refractivity contribution in [3.8, 4) is 0 Å². The van der Waals surface area contributed by atoms with Crippen LogP contribution in [0.1, 0.15) is 21.7 Å². The molecular weight excluding hydrogens is 261 g/mol. The zero-order valence-electron chi connectivity index (χ0n) is 11.1. The Hall–Kier alpha value is -1.57. The minimum atomic E-state index is -4.45. The van der Waals surface area contributed by atoms with Crippen LogP contribution in [0.4, 0.5) is 13.2 Å². The fourth-order valence-corrected chi connectivity index (χ4v) is 1.87. The summed E-state index contributed by atoms with van der Waals surface area (Å²) >= 11 is 0. The second-order valence-electron chi connectivity index (χ2n) is 4.30. The van der Waals surface area contributed by atoms with Crippen molar-refractivity contribution in [2.45, 2.75) is 20.0 Å². The van der Waals surface area contributed by atoms with E-state index in [0.717, 1.165) is 0 Å². The lowest BCUT2D eigenvalue weighted by molar-refractivity contribution is -0.140. The maximum atomic E-state index is 12.5. The highest BCUT2D eigenvalue weighted by molar-refractivity contribution is 5.96. The third kappa shape index (κ3) is 3.69. The molecule has 1 amide bonds. The van der Waals surface area contributed by atoms with Gasteiger partial charge in [0.1, 0.15) is 6.54 Å². The van der Waals surface area contributed by atoms with Crippen LogP contribution >= 0.6 is 0 Å². The van der Waals surface area contributed by atoms with Crippen molar-refractivity contribution in [2.24, 2.45) is 12.8 Å². The summed E-state index contributed by atoms with van der Waals surface area (Å²) < 4.78 is 38.8. The lowest BCUT2D eigenvalue weighted by Gasteiger charge is -2.23. The second-order valence-corrected chi connectivity index (χ2v) is 4.30. The fourth-order valence-electron chi connectivity index (χ4n) is 1.87. The van der Waals surface area contributed by atoms with Gasteiger partial charge in [0.2, 0.25) is 0 Å². The zero-order valence-corrected chi connectivity index (χ0v) is 11.1. The number of aromatic nitrogens is 2. The first-order valence-electron chi connectivity index (χ1n) is 5.73. The molecule has 0 unspecified atom stereocenters. The second kappa shape index (κ2) is 5.60. The van der Waals surface area contributed by atoms with E-state index in [1.54, 1.807) is 20.9 Å². The molecule has 0 aromatic carbocycles. The number of amides is 1. The van der Waals surface area contributed by atoms with Crippen LogP contribution in [0.3, 0.4) is 0 Å². The highest BCUT2D eigenvalue weighted by Crippen LogP contribution is 2.20. The van der Waals surface area contributed by atoms with Crippen molar-refractivity contribution in [1.82, 2.24) is 14.7 Å². The minimum absolute atomic E-state index is 0.0276. The van der Waals surface area contributed by atoms with Gasteiger partial charge in [0.15, 0.2) is 0 Å². The molecule has 8 heteroatoms. The van der Waals surface area contributed by atoms with Gasteiger partial charge in [-0.2, -0.15) is 18.3 Å². The summed E-state index contributed by atoms with van der Waals surface area (Å²) in [6.07, 6.45) is -4.45. The summed E-state index contributed by atoms with van der Waals surface area (Å²) in [6.45, 7) is 1.75. The number of rotatable bonds is 4. The molecule has 108 valence electrons. The van der Waals surface area contributed by atoms with E-state index in [1.807, 2.05) is 0 Å². The number of aryl methyl sites for hydroxylation is 2. The van der Waals surface area contributed by atoms with E-state index in [1.165, 1.54) is 4.68 Å². The standard InChI is InChI=1S/C11H17F3N4O/c1-7-9(8(2)17(3)16-7)10(19)18(5-4-15)6-11(12,13)14/h4-6,15H2,1-3H3. The van der Waals surface area contributed by atoms with Gasteiger partial charge in [-0.15, -0.1) is 0 Å². The molecule has 1 rings (SSSR count). The predicted molar refractivity (Wildman–Crippen MR) is 63.7 cm³/mol. The summed E-state index contributed by atoms with van der Waals surface area (Å²) in [6, 6.07) is 0. The summed E-state index contributed by atoms with van der Waals surface area (Å²) in [5.74, 6) is -0.689. The molecule has 19 heavy (non-hydrogen) atoms. The number of nitrogens with zero attached hydrogens (tertiary/aromatic N) is 3. The van der Waals surface area contributed by atoms with Crippen LogP contribution in [0.15, 0.2) is 0 Å². The Labute approximate surface area is 109 Å². The van der Waals surface area contributed by atoms with Gasteiger partial charge >= 0.3 is 6.18 Å². The van der Waals surface area contributed by atoms with E-state index in [-0.39, 0.29) is 18.7 Å². The number of carbonyl (C=O) groups is 1. The molecule has 0 spiro atoms. The lowest BCUT2D eigenvalue weighted by Crippen LogP contribution is -2.42. The lowest BCUT2D eigenvalue weighted by atomic mass is 10.1. The first kappa shape index (κ1) is 15.5. The van der Waals surface area contributed by atoms with E-state index in [4.69, 9.17) is 5.73 Å². The van der Waals surface area contributed by atoms with Gasteiger partial charge in [0.25, 0.3) is 5.91 Å². The highest BCUT2D eigenvalue weighted by atomic mass is 19.4. The number of hydrogen-bond donors (Lipinski definition) is 1. The van der Waals surface area contributed by atoms with Crippen molar-refractivity contribution in [3.05, 3.63) is 17.0 Å². The van der Waals surface area contributed by atoms with Gasteiger partial charge < -0.3 is 10.6 Å². The third-order valence-electron chi connectivity index (χ3n) is 2.78. The molecule has 0 saturated carbocycles. The largest absolute Gasteiger partial charge is 0.406 e. The summed E-state index contributed by atoms with van der Waals surface area (Å²) in [5, 5.41) is 4.03. The molecule has 0 bridgehead atoms. The van der Waals surface area contributed by atoms with E-state index in [2.05, 4.69) is 5.10 Å². The molecule has 5 nitrogen and oxygen atoms in total. The Kier molecular flexibility index (Phi) is 4.56. The molecule has 0 fully saturated rings. The molecule has 0 saturated heterocycles. The molecule has 0 aliphatic carbocycles. The van der Waals surface area contributed by atoms with Crippen LogP contribution in [-0.2, 0) is 7.05 Å². The normalized spacial score (nSPS) is 11.7. The molecule has 0 aliphatic heterocycles. The molecule has 1 heterocycles. The predicted octanol–water partition coefficient (Wildman–Crippen LogP) is 1.00. The van der Waals surface area contributed by atoms with Crippen molar-refractivity contribution < 1.29 is 18.0 Å². The molecule has 1 aromatic heterocycles. The van der Waals surface area contributed by atoms with Crippen LogP contribution in [-0.4, -0.2) is 46.4 Å². The van der Waals surface area contributed by atoms with Crippen LogP contribution in [0.2, 0.25) is 0 Å².